The van der Waals surface area contributed by atoms with Gasteiger partial charge in [-0.3, -0.25) is 0 Å². The highest BCUT2D eigenvalue weighted by Crippen LogP contribution is 2.57. The minimum absolute atomic E-state index is 0.760. The fourth-order valence-electron chi connectivity index (χ4n) is 8.25. The lowest BCUT2D eigenvalue weighted by atomic mass is 9.81. The highest BCUT2D eigenvalue weighted by Gasteiger charge is 2.30. The van der Waals surface area contributed by atoms with Crippen LogP contribution >= 0.6 is 0 Å². The first-order valence-electron chi connectivity index (χ1n) is 17.6. The molecule has 0 radical (unpaired) electrons. The van der Waals surface area contributed by atoms with Gasteiger partial charge in [0, 0.05) is 5.69 Å². The summed E-state index contributed by atoms with van der Waals surface area (Å²) in [6.45, 7) is 0. The Hall–Kier alpha value is -6.70. The first kappa shape index (κ1) is 29.2. The average Bonchev–Trinajstić information content (AvgIpc) is 3.53. The molecule has 0 saturated carbocycles. The summed E-state index contributed by atoms with van der Waals surface area (Å²) in [5.41, 5.74) is 24.3. The predicted molar refractivity (Wildman–Crippen MR) is 217 cm³/mol. The lowest BCUT2D eigenvalue weighted by Crippen LogP contribution is -1.95. The van der Waals surface area contributed by atoms with E-state index in [0.29, 0.717) is 0 Å². The van der Waals surface area contributed by atoms with Gasteiger partial charge in [-0.15, -0.1) is 0 Å². The maximum atomic E-state index is 6.34. The third-order valence-corrected chi connectivity index (χ3v) is 10.5. The molecule has 9 aromatic rings. The third-order valence-electron chi connectivity index (χ3n) is 10.5. The van der Waals surface area contributed by atoms with Gasteiger partial charge in [0.25, 0.3) is 0 Å². The van der Waals surface area contributed by atoms with Crippen LogP contribution in [0.5, 0.6) is 0 Å². The summed E-state index contributed by atoms with van der Waals surface area (Å²) in [5.74, 6) is 0. The Morgan fingerprint density at radius 3 is 1.37 bits per heavy atom. The van der Waals surface area contributed by atoms with Crippen LogP contribution in [0.25, 0.3) is 99.4 Å². The number of nitrogens with two attached hydrogens (primary N) is 1. The van der Waals surface area contributed by atoms with Crippen molar-refractivity contribution in [2.75, 3.05) is 5.73 Å². The molecule has 0 atom stereocenters. The molecule has 1 aliphatic rings. The van der Waals surface area contributed by atoms with Crippen LogP contribution < -0.4 is 5.73 Å². The summed E-state index contributed by atoms with van der Waals surface area (Å²) in [7, 11) is 0. The van der Waals surface area contributed by atoms with Crippen molar-refractivity contribution in [3.63, 3.8) is 0 Å². The molecule has 1 heteroatoms. The summed E-state index contributed by atoms with van der Waals surface area (Å²) >= 11 is 0. The molecule has 0 fully saturated rings. The maximum Gasteiger partial charge on any atom is 0.0320 e. The lowest BCUT2D eigenvalue weighted by Gasteiger charge is -2.21. The van der Waals surface area contributed by atoms with Gasteiger partial charge in [-0.1, -0.05) is 152 Å². The first-order valence-corrected chi connectivity index (χ1v) is 17.6. The second-order valence-corrected chi connectivity index (χ2v) is 13.5. The fourth-order valence-corrected chi connectivity index (χ4v) is 8.25. The van der Waals surface area contributed by atoms with E-state index in [1.807, 2.05) is 12.1 Å². The molecule has 1 aliphatic carbocycles. The van der Waals surface area contributed by atoms with Crippen LogP contribution in [0.3, 0.4) is 0 Å². The van der Waals surface area contributed by atoms with Gasteiger partial charge in [0.05, 0.1) is 0 Å². The molecular weight excluding hydrogens is 615 g/mol. The Balaban J connectivity index is 1.29. The molecule has 1 nitrogen and oxygen atoms in total. The van der Waals surface area contributed by atoms with Crippen LogP contribution in [0.1, 0.15) is 0 Å². The van der Waals surface area contributed by atoms with E-state index >= 15 is 0 Å². The first-order chi connectivity index (χ1) is 25.2. The largest absolute Gasteiger partial charge is 0.399 e. The fraction of sp³-hybridized carbons (Fsp3) is 0. The van der Waals surface area contributed by atoms with Crippen molar-refractivity contribution in [3.05, 3.63) is 188 Å². The van der Waals surface area contributed by atoms with E-state index in [4.69, 9.17) is 5.73 Å². The van der Waals surface area contributed by atoms with Crippen molar-refractivity contribution in [1.29, 1.82) is 0 Å². The Bertz CT molecular complexity index is 2790. The minimum atomic E-state index is 0.760. The Morgan fingerprint density at radius 1 is 0.255 bits per heavy atom. The molecule has 0 bridgehead atoms. The number of fused-ring (bicyclic) bond motifs is 4. The normalized spacial score (nSPS) is 11.6. The van der Waals surface area contributed by atoms with Crippen LogP contribution in [0.2, 0.25) is 0 Å². The van der Waals surface area contributed by atoms with E-state index in [1.54, 1.807) is 0 Å². The van der Waals surface area contributed by atoms with E-state index in [9.17, 15) is 0 Å². The number of rotatable bonds is 5. The van der Waals surface area contributed by atoms with Gasteiger partial charge in [0.2, 0.25) is 0 Å². The van der Waals surface area contributed by atoms with E-state index in [0.717, 1.165) is 11.3 Å². The van der Waals surface area contributed by atoms with Gasteiger partial charge in [-0.2, -0.15) is 0 Å². The summed E-state index contributed by atoms with van der Waals surface area (Å²) in [5, 5.41) is 5.03. The second kappa shape index (κ2) is 11.7. The van der Waals surface area contributed by atoms with E-state index in [-0.39, 0.29) is 0 Å². The van der Waals surface area contributed by atoms with Crippen LogP contribution in [0.4, 0.5) is 5.69 Å². The summed E-state index contributed by atoms with van der Waals surface area (Å²) in [4.78, 5) is 0. The molecule has 0 saturated heterocycles. The molecule has 0 amide bonds. The van der Waals surface area contributed by atoms with Gasteiger partial charge >= 0.3 is 0 Å². The third kappa shape index (κ3) is 4.78. The van der Waals surface area contributed by atoms with Gasteiger partial charge in [0.15, 0.2) is 0 Å². The standard InChI is InChI=1S/C50H33N/c51-40-24-10-23-39(28-40)44-30-36-18-8-7-17-35(36)29-43(44)37-21-9-22-38(27-37)46-31-45(32-13-3-1-4-14-32)49-41-25-11-19-33-20-12-26-42(47(33)41)50(49)48(46)34-15-5-2-6-16-34/h1-31H,51H2. The zero-order valence-corrected chi connectivity index (χ0v) is 28.0. The smallest absolute Gasteiger partial charge is 0.0320 e. The van der Waals surface area contributed by atoms with Gasteiger partial charge < -0.3 is 5.73 Å². The molecule has 51 heavy (non-hydrogen) atoms. The SMILES string of the molecule is Nc1cccc(-c2cc3ccccc3cc2-c2cccc(-c3cc(-c4ccccc4)c4c(c3-c3ccccc3)-c3cccc5cccc-4c35)c2)c1. The van der Waals surface area contributed by atoms with Crippen LogP contribution in [-0.2, 0) is 0 Å². The van der Waals surface area contributed by atoms with Gasteiger partial charge in [-0.05, 0) is 136 Å². The highest BCUT2D eigenvalue weighted by atomic mass is 14.5. The lowest BCUT2D eigenvalue weighted by molar-refractivity contribution is 1.55. The van der Waals surface area contributed by atoms with Crippen molar-refractivity contribution in [2.24, 2.45) is 0 Å². The Morgan fingerprint density at radius 2 is 0.725 bits per heavy atom. The molecule has 0 aliphatic heterocycles. The van der Waals surface area contributed by atoms with Crippen molar-refractivity contribution < 1.29 is 0 Å². The maximum absolute atomic E-state index is 6.34. The van der Waals surface area contributed by atoms with Crippen molar-refractivity contribution in [3.8, 4) is 77.9 Å². The molecule has 2 N–H and O–H groups in total. The number of hydrogen-bond acceptors (Lipinski definition) is 1. The number of benzene rings is 9. The average molecular weight is 648 g/mol. The predicted octanol–water partition coefficient (Wildman–Crippen LogP) is 13.6. The zero-order valence-electron chi connectivity index (χ0n) is 28.0. The second-order valence-electron chi connectivity index (χ2n) is 13.5. The van der Waals surface area contributed by atoms with Crippen molar-refractivity contribution in [2.45, 2.75) is 0 Å². The molecule has 238 valence electrons. The van der Waals surface area contributed by atoms with E-state index in [1.165, 1.54) is 93.9 Å². The van der Waals surface area contributed by atoms with Crippen LogP contribution in [-0.4, -0.2) is 0 Å². The van der Waals surface area contributed by atoms with E-state index in [2.05, 4.69) is 176 Å². The summed E-state index contributed by atoms with van der Waals surface area (Å²) in [6.07, 6.45) is 0. The van der Waals surface area contributed by atoms with Crippen LogP contribution in [0.15, 0.2) is 188 Å². The van der Waals surface area contributed by atoms with Gasteiger partial charge in [0.1, 0.15) is 0 Å². The molecule has 9 aromatic carbocycles. The van der Waals surface area contributed by atoms with Crippen molar-refractivity contribution in [1.82, 2.24) is 0 Å². The molecule has 10 rings (SSSR count). The molecule has 0 unspecified atom stereocenters. The zero-order chi connectivity index (χ0) is 33.9. The number of anilines is 1. The topological polar surface area (TPSA) is 26.0 Å². The number of hydrogen-bond donors (Lipinski definition) is 1. The molecule has 0 heterocycles. The minimum Gasteiger partial charge on any atom is -0.399 e. The quantitative estimate of drug-likeness (QED) is 0.185. The Kier molecular flexibility index (Phi) is 6.72. The van der Waals surface area contributed by atoms with E-state index < -0.39 is 0 Å². The molecule has 0 spiro atoms. The summed E-state index contributed by atoms with van der Waals surface area (Å²) in [6, 6.07) is 68.4. The monoisotopic (exact) mass is 647 g/mol. The molecule has 0 aromatic heterocycles. The van der Waals surface area contributed by atoms with Crippen molar-refractivity contribution >= 4 is 27.2 Å². The Labute approximate surface area is 297 Å². The molecular formula is C50H33N. The van der Waals surface area contributed by atoms with Crippen LogP contribution in [0, 0.1) is 0 Å². The summed E-state index contributed by atoms with van der Waals surface area (Å²) < 4.78 is 0. The van der Waals surface area contributed by atoms with Gasteiger partial charge in [-0.25, -0.2) is 0 Å². The number of nitrogen functional groups attached to an aromatic ring is 1. The highest BCUT2D eigenvalue weighted by molar-refractivity contribution is 6.22.